The Bertz CT molecular complexity index is 603. The quantitative estimate of drug-likeness (QED) is 0.464. The third-order valence-corrected chi connectivity index (χ3v) is 4.26. The molecule has 1 aromatic carbocycles. The number of benzene rings is 1. The molecule has 3 aliphatic rings. The number of carbonyl (C=O) groups excluding carboxylic acids is 2. The van der Waals surface area contributed by atoms with Crippen LogP contribution in [0.5, 0.6) is 0 Å². The minimum atomic E-state index is -1.42. The van der Waals surface area contributed by atoms with Gasteiger partial charge in [-0.25, -0.2) is 4.79 Å². The summed E-state index contributed by atoms with van der Waals surface area (Å²) in [6, 6.07) is 9.29. The topological polar surface area (TPSA) is 68.4 Å². The third kappa shape index (κ3) is 1.54. The Morgan fingerprint density at radius 2 is 2.19 bits per heavy atom. The zero-order valence-electron chi connectivity index (χ0n) is 11.5. The second-order valence-corrected chi connectivity index (χ2v) is 5.37. The van der Waals surface area contributed by atoms with E-state index in [0.29, 0.717) is 6.61 Å². The molecule has 0 aromatic heterocycles. The molecule has 0 spiro atoms. The lowest BCUT2D eigenvalue weighted by atomic mass is 10.1. The molecule has 21 heavy (non-hydrogen) atoms. The first-order valence-electron chi connectivity index (χ1n) is 7.04. The van der Waals surface area contributed by atoms with Gasteiger partial charge in [0.05, 0.1) is 19.3 Å². The zero-order valence-corrected chi connectivity index (χ0v) is 11.5. The van der Waals surface area contributed by atoms with Gasteiger partial charge in [0.1, 0.15) is 6.10 Å². The van der Waals surface area contributed by atoms with E-state index >= 15 is 0 Å². The zero-order chi connectivity index (χ0) is 14.6. The fourth-order valence-corrected chi connectivity index (χ4v) is 3.26. The fourth-order valence-electron chi connectivity index (χ4n) is 3.26. The Labute approximate surface area is 121 Å². The predicted octanol–water partition coefficient (Wildman–Crippen LogP) is 0.627. The van der Waals surface area contributed by atoms with Crippen molar-refractivity contribution in [3.63, 3.8) is 0 Å². The maximum Gasteiger partial charge on any atom is 0.351 e. The SMILES string of the molecule is CCOC(=O)[C@@]12O[C@@H]1[C@H]1CO[C@H](c3ccccc3)N1C2=O. The van der Waals surface area contributed by atoms with E-state index < -0.39 is 23.9 Å². The van der Waals surface area contributed by atoms with Gasteiger partial charge in [0.2, 0.25) is 0 Å². The Balaban J connectivity index is 1.64. The highest BCUT2D eigenvalue weighted by molar-refractivity contribution is 6.12. The summed E-state index contributed by atoms with van der Waals surface area (Å²) in [5.41, 5.74) is -0.522. The molecular formula is C15H15NO5. The maximum absolute atomic E-state index is 12.7. The van der Waals surface area contributed by atoms with Gasteiger partial charge in [-0.2, -0.15) is 0 Å². The van der Waals surface area contributed by atoms with E-state index in [1.54, 1.807) is 11.8 Å². The number of amides is 1. The highest BCUT2D eigenvalue weighted by Crippen LogP contribution is 2.54. The maximum atomic E-state index is 12.7. The van der Waals surface area contributed by atoms with Crippen LogP contribution in [0.2, 0.25) is 0 Å². The average molecular weight is 289 g/mol. The molecule has 3 fully saturated rings. The molecule has 0 radical (unpaired) electrons. The van der Waals surface area contributed by atoms with E-state index in [-0.39, 0.29) is 18.6 Å². The van der Waals surface area contributed by atoms with Crippen LogP contribution in [0.15, 0.2) is 30.3 Å². The van der Waals surface area contributed by atoms with Crippen LogP contribution >= 0.6 is 0 Å². The minimum absolute atomic E-state index is 0.216. The molecule has 0 bridgehead atoms. The predicted molar refractivity (Wildman–Crippen MR) is 70.0 cm³/mol. The lowest BCUT2D eigenvalue weighted by Crippen LogP contribution is -2.42. The molecule has 3 saturated heterocycles. The van der Waals surface area contributed by atoms with Crippen molar-refractivity contribution in [2.75, 3.05) is 13.2 Å². The van der Waals surface area contributed by atoms with Gasteiger partial charge in [0, 0.05) is 5.56 Å². The van der Waals surface area contributed by atoms with Crippen LogP contribution in [0, 0.1) is 0 Å². The van der Waals surface area contributed by atoms with Crippen molar-refractivity contribution in [3.05, 3.63) is 35.9 Å². The van der Waals surface area contributed by atoms with Crippen LogP contribution in [0.3, 0.4) is 0 Å². The molecule has 4 rings (SSSR count). The molecule has 1 amide bonds. The van der Waals surface area contributed by atoms with Crippen molar-refractivity contribution in [2.24, 2.45) is 0 Å². The molecule has 6 nitrogen and oxygen atoms in total. The summed E-state index contributed by atoms with van der Waals surface area (Å²) in [6.07, 6.45) is -0.899. The molecule has 0 unspecified atom stereocenters. The second-order valence-electron chi connectivity index (χ2n) is 5.37. The highest BCUT2D eigenvalue weighted by atomic mass is 16.7. The van der Waals surface area contributed by atoms with E-state index in [1.165, 1.54) is 0 Å². The standard InChI is InChI=1S/C15H15NO5/c1-2-19-14(18)15-11(21-15)10-8-20-12(16(10)13(15)17)9-6-4-3-5-7-9/h3-7,10-12H,2,8H2,1H3/t10-,11-,12-,15-/m1/s1. The summed E-state index contributed by atoms with van der Waals surface area (Å²) in [6.45, 7) is 2.31. The van der Waals surface area contributed by atoms with E-state index in [1.807, 2.05) is 30.3 Å². The number of ether oxygens (including phenoxy) is 3. The normalized spacial score (nSPS) is 36.3. The minimum Gasteiger partial charge on any atom is -0.463 e. The van der Waals surface area contributed by atoms with Crippen LogP contribution in [-0.2, 0) is 23.8 Å². The van der Waals surface area contributed by atoms with E-state index in [9.17, 15) is 9.59 Å². The van der Waals surface area contributed by atoms with Crippen LogP contribution in [0.4, 0.5) is 0 Å². The number of hydrogen-bond acceptors (Lipinski definition) is 5. The number of epoxide rings is 1. The summed E-state index contributed by atoms with van der Waals surface area (Å²) in [5.74, 6) is -0.927. The number of carbonyl (C=O) groups is 2. The van der Waals surface area contributed by atoms with Crippen LogP contribution in [0.1, 0.15) is 18.7 Å². The van der Waals surface area contributed by atoms with Crippen LogP contribution in [0.25, 0.3) is 0 Å². The van der Waals surface area contributed by atoms with Gasteiger partial charge < -0.3 is 19.1 Å². The number of fused-ring (bicyclic) bond motifs is 3. The van der Waals surface area contributed by atoms with Crippen molar-refractivity contribution in [1.29, 1.82) is 0 Å². The Morgan fingerprint density at radius 1 is 1.43 bits per heavy atom. The third-order valence-electron chi connectivity index (χ3n) is 4.26. The van der Waals surface area contributed by atoms with E-state index in [2.05, 4.69) is 0 Å². The molecule has 4 atom stereocenters. The number of morpholine rings is 1. The Morgan fingerprint density at radius 3 is 2.90 bits per heavy atom. The van der Waals surface area contributed by atoms with Gasteiger partial charge in [-0.3, -0.25) is 4.79 Å². The van der Waals surface area contributed by atoms with Crippen molar-refractivity contribution < 1.29 is 23.8 Å². The largest absolute Gasteiger partial charge is 0.463 e. The molecule has 6 heteroatoms. The first-order valence-corrected chi connectivity index (χ1v) is 7.04. The number of rotatable bonds is 3. The lowest BCUT2D eigenvalue weighted by molar-refractivity contribution is -0.159. The molecule has 0 aliphatic carbocycles. The summed E-state index contributed by atoms with van der Waals surface area (Å²) in [7, 11) is 0. The Kier molecular flexibility index (Phi) is 2.61. The number of hydrogen-bond donors (Lipinski definition) is 0. The second kappa shape index (κ2) is 4.29. The molecule has 110 valence electrons. The average Bonchev–Trinajstić information content (AvgIpc) is 3.02. The van der Waals surface area contributed by atoms with Crippen LogP contribution in [-0.4, -0.2) is 47.7 Å². The lowest BCUT2D eigenvalue weighted by Gasteiger charge is -2.25. The Hall–Kier alpha value is -1.92. The molecule has 3 heterocycles. The van der Waals surface area contributed by atoms with Crippen molar-refractivity contribution in [3.8, 4) is 0 Å². The summed E-state index contributed by atoms with van der Waals surface area (Å²) < 4.78 is 16.1. The van der Waals surface area contributed by atoms with Crippen molar-refractivity contribution >= 4 is 11.9 Å². The van der Waals surface area contributed by atoms with Gasteiger partial charge in [-0.05, 0) is 6.92 Å². The van der Waals surface area contributed by atoms with Crippen molar-refractivity contribution in [2.45, 2.75) is 30.9 Å². The van der Waals surface area contributed by atoms with Gasteiger partial charge in [-0.1, -0.05) is 30.3 Å². The van der Waals surface area contributed by atoms with E-state index in [0.717, 1.165) is 5.56 Å². The molecule has 0 saturated carbocycles. The van der Waals surface area contributed by atoms with Crippen LogP contribution < -0.4 is 0 Å². The van der Waals surface area contributed by atoms with Gasteiger partial charge in [0.15, 0.2) is 6.23 Å². The molecular weight excluding hydrogens is 274 g/mol. The highest BCUT2D eigenvalue weighted by Gasteiger charge is 2.81. The van der Waals surface area contributed by atoms with Crippen molar-refractivity contribution in [1.82, 2.24) is 4.90 Å². The fraction of sp³-hybridized carbons (Fsp3) is 0.467. The summed E-state index contributed by atoms with van der Waals surface area (Å²) in [5, 5.41) is 0. The summed E-state index contributed by atoms with van der Waals surface area (Å²) in [4.78, 5) is 26.4. The monoisotopic (exact) mass is 289 g/mol. The first-order chi connectivity index (χ1) is 10.2. The van der Waals surface area contributed by atoms with Gasteiger partial charge in [0.25, 0.3) is 11.5 Å². The van der Waals surface area contributed by atoms with Gasteiger partial charge in [-0.15, -0.1) is 0 Å². The molecule has 1 aromatic rings. The summed E-state index contributed by atoms with van der Waals surface area (Å²) >= 11 is 0. The number of nitrogens with zero attached hydrogens (tertiary/aromatic N) is 1. The van der Waals surface area contributed by atoms with Gasteiger partial charge >= 0.3 is 5.97 Å². The first kappa shape index (κ1) is 12.8. The van der Waals surface area contributed by atoms with E-state index in [4.69, 9.17) is 14.2 Å². The molecule has 3 aliphatic heterocycles. The smallest absolute Gasteiger partial charge is 0.351 e. The number of esters is 1. The molecule has 0 N–H and O–H groups in total.